The molecule has 0 aromatic rings. The Labute approximate surface area is 48.4 Å². The third-order valence-electron chi connectivity index (χ3n) is 2.10. The van der Waals surface area contributed by atoms with Crippen molar-refractivity contribution >= 4 is 5.78 Å². The van der Waals surface area contributed by atoms with Gasteiger partial charge in [0.25, 0.3) is 0 Å². The molecule has 0 aromatic carbocycles. The lowest BCUT2D eigenvalue weighted by atomic mass is 9.68. The maximum absolute atomic E-state index is 10.8. The predicted molar refractivity (Wildman–Crippen MR) is 30.4 cm³/mol. The summed E-state index contributed by atoms with van der Waals surface area (Å²) in [7, 11) is 0. The summed E-state index contributed by atoms with van der Waals surface area (Å²) in [5.41, 5.74) is 0. The molecule has 0 aliphatic heterocycles. The molecule has 3 aliphatic carbocycles. The number of rotatable bonds is 0. The minimum atomic E-state index is 0.328. The Morgan fingerprint density at radius 3 is 2.75 bits per heavy atom. The van der Waals surface area contributed by atoms with E-state index >= 15 is 0 Å². The number of carbonyl (C=O) groups excluding carboxylic acids is 1. The minimum Gasteiger partial charge on any atom is -0.299 e. The summed E-state index contributed by atoms with van der Waals surface area (Å²) in [5.74, 6) is 1.23. The molecule has 1 heteroatoms. The molecule has 42 valence electrons. The second kappa shape index (κ2) is 1.22. The highest BCUT2D eigenvalue weighted by Gasteiger charge is 2.38. The number of carbonyl (C=O) groups is 1. The Kier molecular flexibility index (Phi) is 0.655. The van der Waals surface area contributed by atoms with Crippen molar-refractivity contribution < 1.29 is 4.79 Å². The SMILES string of the molecule is O=C1C2C=CCC1C2. The Morgan fingerprint density at radius 1 is 1.62 bits per heavy atom. The zero-order valence-corrected chi connectivity index (χ0v) is 4.63. The molecule has 0 heterocycles. The van der Waals surface area contributed by atoms with E-state index in [2.05, 4.69) is 6.08 Å². The van der Waals surface area contributed by atoms with E-state index in [1.807, 2.05) is 6.08 Å². The maximum atomic E-state index is 10.8. The lowest BCUT2D eigenvalue weighted by Crippen LogP contribution is -2.37. The van der Waals surface area contributed by atoms with Crippen LogP contribution in [0.2, 0.25) is 0 Å². The molecular weight excluding hydrogens is 100 g/mol. The van der Waals surface area contributed by atoms with Gasteiger partial charge in [0, 0.05) is 11.8 Å². The van der Waals surface area contributed by atoms with E-state index in [1.165, 1.54) is 0 Å². The standard InChI is InChI=1S/C7H8O/c8-7-5-2-1-3-6(7)4-5/h1-2,5-6H,3-4H2. The monoisotopic (exact) mass is 108 g/mol. The van der Waals surface area contributed by atoms with Gasteiger partial charge in [0.2, 0.25) is 0 Å². The van der Waals surface area contributed by atoms with Gasteiger partial charge in [0.1, 0.15) is 5.78 Å². The Hall–Kier alpha value is -0.590. The van der Waals surface area contributed by atoms with Crippen molar-refractivity contribution in [3.05, 3.63) is 12.2 Å². The van der Waals surface area contributed by atoms with Crippen molar-refractivity contribution in [1.82, 2.24) is 0 Å². The highest BCUT2D eigenvalue weighted by atomic mass is 16.1. The van der Waals surface area contributed by atoms with Gasteiger partial charge < -0.3 is 0 Å². The van der Waals surface area contributed by atoms with E-state index in [0.717, 1.165) is 12.8 Å². The van der Waals surface area contributed by atoms with Crippen LogP contribution in [0.4, 0.5) is 0 Å². The van der Waals surface area contributed by atoms with Gasteiger partial charge >= 0.3 is 0 Å². The van der Waals surface area contributed by atoms with Crippen molar-refractivity contribution in [3.8, 4) is 0 Å². The number of Topliss-reactive ketones (excluding diaryl/α,β-unsaturated/α-hetero) is 1. The summed E-state index contributed by atoms with van der Waals surface area (Å²) in [6.07, 6.45) is 6.31. The van der Waals surface area contributed by atoms with Gasteiger partial charge in [-0.05, 0) is 12.8 Å². The molecule has 0 amide bonds. The molecule has 2 unspecified atom stereocenters. The van der Waals surface area contributed by atoms with Crippen LogP contribution in [0.3, 0.4) is 0 Å². The van der Waals surface area contributed by atoms with Crippen LogP contribution in [0.5, 0.6) is 0 Å². The Balaban J connectivity index is 2.30. The zero-order valence-electron chi connectivity index (χ0n) is 4.63. The van der Waals surface area contributed by atoms with Crippen LogP contribution in [0.15, 0.2) is 12.2 Å². The maximum Gasteiger partial charge on any atom is 0.143 e. The molecule has 0 aromatic heterocycles. The summed E-state index contributed by atoms with van der Waals surface area (Å²) < 4.78 is 0. The molecule has 3 rings (SSSR count). The van der Waals surface area contributed by atoms with Crippen LogP contribution in [-0.4, -0.2) is 5.78 Å². The van der Waals surface area contributed by atoms with Crippen LogP contribution in [-0.2, 0) is 4.79 Å². The summed E-state index contributed by atoms with van der Waals surface area (Å²) in [6.45, 7) is 0. The van der Waals surface area contributed by atoms with Gasteiger partial charge in [-0.15, -0.1) is 0 Å². The molecule has 0 N–H and O–H groups in total. The van der Waals surface area contributed by atoms with Gasteiger partial charge in [-0.2, -0.15) is 0 Å². The average Bonchev–Trinajstić information content (AvgIpc) is 1.89. The molecule has 1 saturated carbocycles. The topological polar surface area (TPSA) is 17.1 Å². The van der Waals surface area contributed by atoms with Gasteiger partial charge in [0.15, 0.2) is 0 Å². The largest absolute Gasteiger partial charge is 0.299 e. The van der Waals surface area contributed by atoms with E-state index in [-0.39, 0.29) is 0 Å². The molecule has 1 fully saturated rings. The fraction of sp³-hybridized carbons (Fsp3) is 0.571. The average molecular weight is 108 g/mol. The second-order valence-corrected chi connectivity index (χ2v) is 2.61. The fourth-order valence-electron chi connectivity index (χ4n) is 1.47. The van der Waals surface area contributed by atoms with E-state index < -0.39 is 0 Å². The van der Waals surface area contributed by atoms with Gasteiger partial charge in [-0.25, -0.2) is 0 Å². The lowest BCUT2D eigenvalue weighted by Gasteiger charge is -2.34. The lowest BCUT2D eigenvalue weighted by molar-refractivity contribution is -0.133. The second-order valence-electron chi connectivity index (χ2n) is 2.61. The molecule has 3 aliphatic rings. The molecule has 0 radical (unpaired) electrons. The highest BCUT2D eigenvalue weighted by Crippen LogP contribution is 2.37. The van der Waals surface area contributed by atoms with Gasteiger partial charge in [-0.1, -0.05) is 12.2 Å². The molecule has 0 saturated heterocycles. The van der Waals surface area contributed by atoms with Crippen molar-refractivity contribution in [1.29, 1.82) is 0 Å². The van der Waals surface area contributed by atoms with Crippen LogP contribution in [0.25, 0.3) is 0 Å². The predicted octanol–water partition coefficient (Wildman–Crippen LogP) is 1.15. The first-order chi connectivity index (χ1) is 3.88. The van der Waals surface area contributed by atoms with E-state index in [9.17, 15) is 4.79 Å². The van der Waals surface area contributed by atoms with E-state index in [0.29, 0.717) is 17.6 Å². The van der Waals surface area contributed by atoms with Crippen molar-refractivity contribution in [3.63, 3.8) is 0 Å². The fourth-order valence-corrected chi connectivity index (χ4v) is 1.47. The van der Waals surface area contributed by atoms with Crippen molar-refractivity contribution in [2.45, 2.75) is 12.8 Å². The first-order valence-electron chi connectivity index (χ1n) is 3.08. The summed E-state index contributed by atoms with van der Waals surface area (Å²) in [4.78, 5) is 10.8. The first kappa shape index (κ1) is 4.30. The number of fused-ring (bicyclic) bond motifs is 1. The van der Waals surface area contributed by atoms with Crippen molar-refractivity contribution in [2.24, 2.45) is 11.8 Å². The third kappa shape index (κ3) is 0.347. The third-order valence-corrected chi connectivity index (χ3v) is 2.10. The highest BCUT2D eigenvalue weighted by molar-refractivity contribution is 5.91. The number of hydrogen-bond donors (Lipinski definition) is 0. The van der Waals surface area contributed by atoms with Crippen LogP contribution >= 0.6 is 0 Å². The van der Waals surface area contributed by atoms with E-state index in [4.69, 9.17) is 0 Å². The molecule has 0 spiro atoms. The summed E-state index contributed by atoms with van der Waals surface area (Å²) in [6, 6.07) is 0. The minimum absolute atomic E-state index is 0.328. The number of allylic oxidation sites excluding steroid dienone is 2. The van der Waals surface area contributed by atoms with Gasteiger partial charge in [-0.3, -0.25) is 4.79 Å². The quantitative estimate of drug-likeness (QED) is 0.425. The molecular formula is C7H8O. The number of hydrogen-bond acceptors (Lipinski definition) is 1. The normalized spacial score (nSPS) is 41.8. The number of ketones is 1. The zero-order chi connectivity index (χ0) is 5.56. The van der Waals surface area contributed by atoms with Crippen LogP contribution in [0, 0.1) is 11.8 Å². The molecule has 2 bridgehead atoms. The summed E-state index contributed by atoms with van der Waals surface area (Å²) >= 11 is 0. The van der Waals surface area contributed by atoms with Crippen LogP contribution < -0.4 is 0 Å². The smallest absolute Gasteiger partial charge is 0.143 e. The van der Waals surface area contributed by atoms with E-state index in [1.54, 1.807) is 0 Å². The molecule has 8 heavy (non-hydrogen) atoms. The van der Waals surface area contributed by atoms with Crippen molar-refractivity contribution in [2.75, 3.05) is 0 Å². The Morgan fingerprint density at radius 2 is 2.50 bits per heavy atom. The van der Waals surface area contributed by atoms with Gasteiger partial charge in [0.05, 0.1) is 0 Å². The van der Waals surface area contributed by atoms with Crippen LogP contribution in [0.1, 0.15) is 12.8 Å². The first-order valence-corrected chi connectivity index (χ1v) is 3.08. The molecule has 1 nitrogen and oxygen atoms in total. The Bertz CT molecular complexity index is 158. The summed E-state index contributed by atoms with van der Waals surface area (Å²) in [5, 5.41) is 0. The molecule has 2 atom stereocenters.